The number of ether oxygens (including phenoxy) is 1. The second kappa shape index (κ2) is 7.99. The molecule has 2 rings (SSSR count). The van der Waals surface area contributed by atoms with E-state index in [4.69, 9.17) is 9.84 Å². The lowest BCUT2D eigenvalue weighted by Crippen LogP contribution is -2.41. The van der Waals surface area contributed by atoms with Gasteiger partial charge in [0.05, 0.1) is 18.4 Å². The number of carbonyl (C=O) groups is 3. The van der Waals surface area contributed by atoms with Crippen molar-refractivity contribution in [2.75, 3.05) is 13.4 Å². The van der Waals surface area contributed by atoms with Crippen molar-refractivity contribution in [2.45, 2.75) is 6.92 Å². The third-order valence-corrected chi connectivity index (χ3v) is 4.65. The summed E-state index contributed by atoms with van der Waals surface area (Å²) in [5.74, 6) is -0.0451. The number of methoxy groups -OCH3 is 1. The van der Waals surface area contributed by atoms with E-state index in [1.165, 1.54) is 6.26 Å². The van der Waals surface area contributed by atoms with Crippen molar-refractivity contribution in [2.24, 2.45) is 0 Å². The summed E-state index contributed by atoms with van der Waals surface area (Å²) in [7, 11) is 1.55. The lowest BCUT2D eigenvalue weighted by molar-refractivity contribution is 0.0960. The average molecular weight is 381 g/mol. The van der Waals surface area contributed by atoms with Crippen molar-refractivity contribution in [1.82, 2.24) is 14.0 Å². The molecule has 0 spiro atoms. The van der Waals surface area contributed by atoms with Gasteiger partial charge in [0, 0.05) is 16.7 Å². The van der Waals surface area contributed by atoms with E-state index in [0.717, 1.165) is 11.5 Å². The first kappa shape index (κ1) is 18.7. The molecule has 0 fully saturated rings. The molecule has 2 aromatic rings. The molecule has 0 aliphatic rings. The molecule has 25 heavy (non-hydrogen) atoms. The van der Waals surface area contributed by atoms with Crippen LogP contribution in [0.4, 0.5) is 9.59 Å². The number of carboxylic acid groups (broad SMARTS) is 1. The van der Waals surface area contributed by atoms with Gasteiger partial charge < -0.3 is 9.84 Å². The highest BCUT2D eigenvalue weighted by Gasteiger charge is 2.26. The number of carbonyl (C=O) groups excluding carboxylic acids is 2. The van der Waals surface area contributed by atoms with Crippen LogP contribution in [0.2, 0.25) is 0 Å². The first-order chi connectivity index (χ1) is 11.9. The fourth-order valence-corrected chi connectivity index (χ4v) is 3.12. The highest BCUT2D eigenvalue weighted by atomic mass is 32.2. The fourth-order valence-electron chi connectivity index (χ4n) is 2.04. The Kier molecular flexibility index (Phi) is 5.99. The van der Waals surface area contributed by atoms with Gasteiger partial charge in [-0.05, 0) is 54.7 Å². The number of aromatic nitrogens is 1. The third-order valence-electron chi connectivity index (χ3n) is 3.21. The lowest BCUT2D eigenvalue weighted by atomic mass is 10.1. The van der Waals surface area contributed by atoms with E-state index in [-0.39, 0.29) is 5.56 Å². The van der Waals surface area contributed by atoms with Crippen LogP contribution in [0.3, 0.4) is 0 Å². The minimum absolute atomic E-state index is 0.231. The molecule has 8 nitrogen and oxygen atoms in total. The summed E-state index contributed by atoms with van der Waals surface area (Å²) < 4.78 is 9.79. The number of rotatable bonds is 4. The van der Waals surface area contributed by atoms with E-state index >= 15 is 0 Å². The Morgan fingerprint density at radius 2 is 1.92 bits per heavy atom. The van der Waals surface area contributed by atoms with Gasteiger partial charge in [-0.25, -0.2) is 9.59 Å². The molecule has 0 bridgehead atoms. The van der Waals surface area contributed by atoms with Crippen molar-refractivity contribution in [1.29, 1.82) is 0 Å². The monoisotopic (exact) mass is 381 g/mol. The average Bonchev–Trinajstić information content (AvgIpc) is 2.96. The Morgan fingerprint density at radius 3 is 2.44 bits per heavy atom. The maximum absolute atomic E-state index is 12.5. The molecule has 1 aromatic heterocycles. The van der Waals surface area contributed by atoms with Gasteiger partial charge in [0.25, 0.3) is 5.91 Å². The number of aryl methyl sites for hydroxylation is 1. The summed E-state index contributed by atoms with van der Waals surface area (Å²) in [6.07, 6.45) is -0.0495. The van der Waals surface area contributed by atoms with Gasteiger partial charge in [0.2, 0.25) is 0 Å². The fraction of sp³-hybridized carbons (Fsp3) is 0.200. The zero-order valence-electron chi connectivity index (χ0n) is 13.6. The molecule has 1 aromatic carbocycles. The summed E-state index contributed by atoms with van der Waals surface area (Å²) in [6, 6.07) is 5.93. The van der Waals surface area contributed by atoms with Crippen LogP contribution in [0.1, 0.15) is 15.2 Å². The van der Waals surface area contributed by atoms with Gasteiger partial charge in [-0.2, -0.15) is 8.68 Å². The van der Waals surface area contributed by atoms with Gasteiger partial charge >= 0.3 is 12.1 Å². The molecule has 4 amide bonds. The van der Waals surface area contributed by atoms with Crippen LogP contribution in [-0.2, 0) is 0 Å². The number of hydrogen-bond acceptors (Lipinski definition) is 7. The van der Waals surface area contributed by atoms with E-state index in [9.17, 15) is 14.4 Å². The summed E-state index contributed by atoms with van der Waals surface area (Å²) in [6.45, 7) is 1.70. The van der Waals surface area contributed by atoms with Crippen molar-refractivity contribution >= 4 is 41.5 Å². The Bertz CT molecular complexity index is 804. The molecular weight excluding hydrogens is 366 g/mol. The number of hydrogen-bond donors (Lipinski definition) is 2. The van der Waals surface area contributed by atoms with E-state index in [1.54, 1.807) is 38.3 Å². The Morgan fingerprint density at radius 1 is 1.28 bits per heavy atom. The number of nitrogens with zero attached hydrogens (tertiary/aromatic N) is 2. The first-order valence-corrected chi connectivity index (χ1v) is 8.87. The topological polar surface area (TPSA) is 109 Å². The van der Waals surface area contributed by atoms with Crippen LogP contribution in [0.15, 0.2) is 24.3 Å². The number of urea groups is 1. The largest absolute Gasteiger partial charge is 0.497 e. The maximum Gasteiger partial charge on any atom is 0.425 e. The molecule has 0 radical (unpaired) electrons. The van der Waals surface area contributed by atoms with Crippen LogP contribution in [0, 0.1) is 6.92 Å². The zero-order chi connectivity index (χ0) is 18.6. The predicted molar refractivity (Wildman–Crippen MR) is 95.1 cm³/mol. The quantitative estimate of drug-likeness (QED) is 0.783. The molecule has 0 saturated heterocycles. The summed E-state index contributed by atoms with van der Waals surface area (Å²) in [5.41, 5.74) is 1.33. The molecular formula is C15H15N3O5S2. The van der Waals surface area contributed by atoms with Gasteiger partial charge in [0.15, 0.2) is 0 Å². The van der Waals surface area contributed by atoms with Crippen LogP contribution < -0.4 is 10.1 Å². The van der Waals surface area contributed by atoms with Crippen molar-refractivity contribution < 1.29 is 24.2 Å². The summed E-state index contributed by atoms with van der Waals surface area (Å²) in [4.78, 5) is 36.0. The molecule has 0 aliphatic carbocycles. The number of imide groups is 2. The minimum Gasteiger partial charge on any atom is -0.497 e. The van der Waals surface area contributed by atoms with Crippen molar-refractivity contribution in [3.8, 4) is 17.0 Å². The molecule has 0 atom stereocenters. The molecule has 0 saturated carbocycles. The van der Waals surface area contributed by atoms with Crippen LogP contribution in [0.5, 0.6) is 5.75 Å². The van der Waals surface area contributed by atoms with Crippen molar-refractivity contribution in [3.63, 3.8) is 0 Å². The highest BCUT2D eigenvalue weighted by Crippen LogP contribution is 2.29. The number of amides is 4. The summed E-state index contributed by atoms with van der Waals surface area (Å²) >= 11 is 1.80. The Labute approximate surface area is 152 Å². The molecule has 132 valence electrons. The lowest BCUT2D eigenvalue weighted by Gasteiger charge is -2.14. The van der Waals surface area contributed by atoms with E-state index in [2.05, 4.69) is 9.69 Å². The Balaban J connectivity index is 2.30. The van der Waals surface area contributed by atoms with Gasteiger partial charge in [-0.3, -0.25) is 10.1 Å². The SMILES string of the molecule is COc1ccc(-c2nsc(C)c2C(=O)NC(=O)N(SC)C(=O)O)cc1. The Hall–Kier alpha value is -2.59. The predicted octanol–water partition coefficient (Wildman–Crippen LogP) is 3.23. The van der Waals surface area contributed by atoms with E-state index in [0.29, 0.717) is 38.1 Å². The standard InChI is InChI=1S/C15H15N3O5S2/c1-8-11(13(19)16-14(20)18(24-3)15(21)22)12(17-25-8)9-4-6-10(23-2)7-5-9/h4-7H,1-3H3,(H,21,22)(H,16,19,20). The smallest absolute Gasteiger partial charge is 0.425 e. The third kappa shape index (κ3) is 4.09. The van der Waals surface area contributed by atoms with Crippen LogP contribution >= 0.6 is 23.5 Å². The number of benzene rings is 1. The molecule has 0 aliphatic heterocycles. The molecule has 2 N–H and O–H groups in total. The molecule has 10 heteroatoms. The second-order valence-corrected chi connectivity index (χ2v) is 6.42. The first-order valence-electron chi connectivity index (χ1n) is 6.92. The molecule has 0 unspecified atom stereocenters. The van der Waals surface area contributed by atoms with Gasteiger partial charge in [0.1, 0.15) is 5.75 Å². The van der Waals surface area contributed by atoms with Crippen molar-refractivity contribution in [3.05, 3.63) is 34.7 Å². The second-order valence-electron chi connectivity index (χ2n) is 4.71. The van der Waals surface area contributed by atoms with Gasteiger partial charge in [-0.15, -0.1) is 0 Å². The molecule has 1 heterocycles. The highest BCUT2D eigenvalue weighted by molar-refractivity contribution is 7.97. The zero-order valence-corrected chi connectivity index (χ0v) is 15.2. The van der Waals surface area contributed by atoms with E-state index < -0.39 is 18.0 Å². The van der Waals surface area contributed by atoms with Gasteiger partial charge in [-0.1, -0.05) is 0 Å². The summed E-state index contributed by atoms with van der Waals surface area (Å²) in [5, 5.41) is 11.0. The van der Waals surface area contributed by atoms with Crippen LogP contribution in [0.25, 0.3) is 11.3 Å². The minimum atomic E-state index is -1.46. The van der Waals surface area contributed by atoms with Crippen LogP contribution in [-0.4, -0.2) is 45.2 Å². The number of nitrogens with one attached hydrogen (secondary N) is 1. The van der Waals surface area contributed by atoms with E-state index in [1.807, 2.05) is 0 Å². The maximum atomic E-state index is 12.5. The normalized spacial score (nSPS) is 10.2.